The first-order chi connectivity index (χ1) is 6.13. The maximum Gasteiger partial charge on any atom is 0.0800 e. The third kappa shape index (κ3) is 3.24. The highest BCUT2D eigenvalue weighted by molar-refractivity contribution is 7.80. The molecule has 13 heavy (non-hydrogen) atoms. The van der Waals surface area contributed by atoms with Gasteiger partial charge in [0, 0.05) is 18.5 Å². The van der Waals surface area contributed by atoms with Crippen LogP contribution >= 0.6 is 12.2 Å². The van der Waals surface area contributed by atoms with Gasteiger partial charge in [-0.3, -0.25) is 0 Å². The van der Waals surface area contributed by atoms with Crippen LogP contribution in [0.2, 0.25) is 0 Å². The molecule has 1 aliphatic heterocycles. The van der Waals surface area contributed by atoms with Gasteiger partial charge in [0.25, 0.3) is 0 Å². The topological polar surface area (TPSA) is 15.3 Å². The molecule has 1 fully saturated rings. The molecule has 0 amide bonds. The Morgan fingerprint density at radius 2 is 2.23 bits per heavy atom. The Labute approximate surface area is 86.7 Å². The zero-order valence-corrected chi connectivity index (χ0v) is 9.66. The first kappa shape index (κ1) is 10.9. The Hall–Kier alpha value is -0.150. The number of nitrogens with zero attached hydrogens (tertiary/aromatic N) is 1. The maximum absolute atomic E-state index is 5.31. The second-order valence-electron chi connectivity index (χ2n) is 4.19. The van der Waals surface area contributed by atoms with Crippen molar-refractivity contribution >= 4 is 17.2 Å². The van der Waals surface area contributed by atoms with Crippen molar-refractivity contribution in [2.75, 3.05) is 20.6 Å². The monoisotopic (exact) mass is 200 g/mol. The standard InChI is InChI=1S/C10H20N2S/c1-4-5-9-6-8(7-12(2)3)10(13)11-9/h8-9H,4-7H2,1-3H3,(H,11,13). The minimum absolute atomic E-state index is 0.585. The molecule has 2 nitrogen and oxygen atoms in total. The molecule has 1 N–H and O–H groups in total. The van der Waals surface area contributed by atoms with Gasteiger partial charge < -0.3 is 10.2 Å². The van der Waals surface area contributed by atoms with Gasteiger partial charge in [-0.05, 0) is 26.9 Å². The molecule has 0 saturated carbocycles. The van der Waals surface area contributed by atoms with Crippen molar-refractivity contribution in [1.82, 2.24) is 10.2 Å². The average Bonchev–Trinajstić information content (AvgIpc) is 2.31. The van der Waals surface area contributed by atoms with E-state index in [4.69, 9.17) is 12.2 Å². The molecule has 1 aliphatic rings. The molecular formula is C10H20N2S. The normalized spacial score (nSPS) is 28.2. The fourth-order valence-corrected chi connectivity index (χ4v) is 2.30. The second kappa shape index (κ2) is 4.91. The molecule has 0 aliphatic carbocycles. The van der Waals surface area contributed by atoms with Crippen LogP contribution in [0.15, 0.2) is 0 Å². The van der Waals surface area contributed by atoms with Crippen LogP contribution in [0.25, 0.3) is 0 Å². The van der Waals surface area contributed by atoms with Crippen LogP contribution < -0.4 is 5.32 Å². The van der Waals surface area contributed by atoms with E-state index < -0.39 is 0 Å². The lowest BCUT2D eigenvalue weighted by atomic mass is 10.0. The van der Waals surface area contributed by atoms with E-state index in [2.05, 4.69) is 31.2 Å². The van der Waals surface area contributed by atoms with Crippen molar-refractivity contribution in [3.05, 3.63) is 0 Å². The van der Waals surface area contributed by atoms with Crippen LogP contribution in [-0.4, -0.2) is 36.6 Å². The molecule has 0 aromatic rings. The number of nitrogens with one attached hydrogen (secondary N) is 1. The third-order valence-corrected chi connectivity index (χ3v) is 2.96. The largest absolute Gasteiger partial charge is 0.377 e. The first-order valence-electron chi connectivity index (χ1n) is 5.08. The SMILES string of the molecule is CCCC1CC(CN(C)C)C(=S)N1. The quantitative estimate of drug-likeness (QED) is 0.695. The summed E-state index contributed by atoms with van der Waals surface area (Å²) in [5, 5.41) is 3.42. The van der Waals surface area contributed by atoms with Gasteiger partial charge in [0.1, 0.15) is 0 Å². The van der Waals surface area contributed by atoms with E-state index in [1.165, 1.54) is 19.3 Å². The smallest absolute Gasteiger partial charge is 0.0800 e. The Morgan fingerprint density at radius 1 is 1.54 bits per heavy atom. The molecule has 1 saturated heterocycles. The summed E-state index contributed by atoms with van der Waals surface area (Å²) < 4.78 is 0. The lowest BCUT2D eigenvalue weighted by Gasteiger charge is -2.14. The van der Waals surface area contributed by atoms with Gasteiger partial charge in [0.05, 0.1) is 4.99 Å². The first-order valence-corrected chi connectivity index (χ1v) is 5.49. The molecule has 2 unspecified atom stereocenters. The van der Waals surface area contributed by atoms with E-state index in [0.717, 1.165) is 11.5 Å². The molecule has 0 radical (unpaired) electrons. The van der Waals surface area contributed by atoms with Gasteiger partial charge in [-0.1, -0.05) is 25.6 Å². The van der Waals surface area contributed by atoms with Crippen molar-refractivity contribution in [3.63, 3.8) is 0 Å². The van der Waals surface area contributed by atoms with E-state index in [9.17, 15) is 0 Å². The fraction of sp³-hybridized carbons (Fsp3) is 0.900. The van der Waals surface area contributed by atoms with E-state index in [0.29, 0.717) is 12.0 Å². The summed E-state index contributed by atoms with van der Waals surface area (Å²) in [4.78, 5) is 3.29. The van der Waals surface area contributed by atoms with Gasteiger partial charge in [-0.2, -0.15) is 0 Å². The third-order valence-electron chi connectivity index (χ3n) is 2.51. The molecule has 2 atom stereocenters. The van der Waals surface area contributed by atoms with Gasteiger partial charge >= 0.3 is 0 Å². The Morgan fingerprint density at radius 3 is 2.77 bits per heavy atom. The van der Waals surface area contributed by atoms with E-state index >= 15 is 0 Å². The zero-order chi connectivity index (χ0) is 9.84. The van der Waals surface area contributed by atoms with Gasteiger partial charge in [0.15, 0.2) is 0 Å². The summed E-state index contributed by atoms with van der Waals surface area (Å²) >= 11 is 5.31. The molecular weight excluding hydrogens is 180 g/mol. The van der Waals surface area contributed by atoms with Crippen molar-refractivity contribution < 1.29 is 0 Å². The van der Waals surface area contributed by atoms with Crippen LogP contribution in [0.1, 0.15) is 26.2 Å². The lowest BCUT2D eigenvalue weighted by Crippen LogP contribution is -2.28. The van der Waals surface area contributed by atoms with Gasteiger partial charge in [-0.25, -0.2) is 0 Å². The second-order valence-corrected chi connectivity index (χ2v) is 4.63. The summed E-state index contributed by atoms with van der Waals surface area (Å²) in [6.07, 6.45) is 3.73. The molecule has 0 spiro atoms. The Kier molecular flexibility index (Phi) is 4.13. The molecule has 1 rings (SSSR count). The van der Waals surface area contributed by atoms with Crippen molar-refractivity contribution in [2.24, 2.45) is 5.92 Å². The van der Waals surface area contributed by atoms with Crippen LogP contribution in [0, 0.1) is 5.92 Å². The summed E-state index contributed by atoms with van der Waals surface area (Å²) in [5.41, 5.74) is 0. The van der Waals surface area contributed by atoms with Crippen molar-refractivity contribution in [1.29, 1.82) is 0 Å². The Bertz CT molecular complexity index is 180. The summed E-state index contributed by atoms with van der Waals surface area (Å²) in [6, 6.07) is 0.641. The van der Waals surface area contributed by atoms with Crippen molar-refractivity contribution in [2.45, 2.75) is 32.2 Å². The van der Waals surface area contributed by atoms with Crippen LogP contribution in [0.3, 0.4) is 0 Å². The van der Waals surface area contributed by atoms with Gasteiger partial charge in [0.2, 0.25) is 0 Å². The number of hydrogen-bond acceptors (Lipinski definition) is 2. The molecule has 0 aromatic carbocycles. The minimum atomic E-state index is 0.585. The highest BCUT2D eigenvalue weighted by Crippen LogP contribution is 2.20. The molecule has 0 aromatic heterocycles. The average molecular weight is 200 g/mol. The fourth-order valence-electron chi connectivity index (χ4n) is 1.97. The highest BCUT2D eigenvalue weighted by Gasteiger charge is 2.28. The number of thiocarbonyl (C=S) groups is 1. The van der Waals surface area contributed by atoms with Crippen molar-refractivity contribution in [3.8, 4) is 0 Å². The summed E-state index contributed by atoms with van der Waals surface area (Å²) in [7, 11) is 4.21. The molecule has 76 valence electrons. The summed E-state index contributed by atoms with van der Waals surface area (Å²) in [6.45, 7) is 3.32. The van der Waals surface area contributed by atoms with E-state index in [1.807, 2.05) is 0 Å². The molecule has 0 bridgehead atoms. The van der Waals surface area contributed by atoms with Crippen LogP contribution in [-0.2, 0) is 0 Å². The number of hydrogen-bond donors (Lipinski definition) is 1. The lowest BCUT2D eigenvalue weighted by molar-refractivity contribution is 0.360. The maximum atomic E-state index is 5.31. The minimum Gasteiger partial charge on any atom is -0.377 e. The summed E-state index contributed by atoms with van der Waals surface area (Å²) in [5.74, 6) is 0.585. The Balaban J connectivity index is 2.37. The van der Waals surface area contributed by atoms with E-state index in [-0.39, 0.29) is 0 Å². The van der Waals surface area contributed by atoms with Gasteiger partial charge in [-0.15, -0.1) is 0 Å². The molecule has 3 heteroatoms. The van der Waals surface area contributed by atoms with Crippen LogP contribution in [0.4, 0.5) is 0 Å². The van der Waals surface area contributed by atoms with Crippen LogP contribution in [0.5, 0.6) is 0 Å². The zero-order valence-electron chi connectivity index (χ0n) is 8.84. The van der Waals surface area contributed by atoms with E-state index in [1.54, 1.807) is 0 Å². The highest BCUT2D eigenvalue weighted by atomic mass is 32.1. The predicted molar refractivity (Wildman–Crippen MR) is 61.1 cm³/mol. The number of rotatable bonds is 4. The molecule has 1 heterocycles. The predicted octanol–water partition coefficient (Wildman–Crippen LogP) is 1.65.